The topological polar surface area (TPSA) is 130 Å². The number of aryl methyl sites for hydroxylation is 2. The average molecular weight is 652 g/mol. The monoisotopic (exact) mass is 651 g/mol. The van der Waals surface area contributed by atoms with Crippen LogP contribution in [0.15, 0.2) is 70.0 Å². The van der Waals surface area contributed by atoms with Gasteiger partial charge in [-0.2, -0.15) is 0 Å². The van der Waals surface area contributed by atoms with Crippen molar-refractivity contribution in [2.75, 3.05) is 13.7 Å². The van der Waals surface area contributed by atoms with Crippen LogP contribution >= 0.6 is 11.3 Å². The van der Waals surface area contributed by atoms with E-state index in [2.05, 4.69) is 15.5 Å². The van der Waals surface area contributed by atoms with Gasteiger partial charge in [0.15, 0.2) is 5.82 Å². The molecule has 0 radical (unpaired) electrons. The second-order valence-electron chi connectivity index (χ2n) is 12.1. The molecule has 8 rings (SSSR count). The average Bonchev–Trinajstić information content (AvgIpc) is 3.92. The molecule has 2 amide bonds. The first-order chi connectivity index (χ1) is 22.9. The van der Waals surface area contributed by atoms with Gasteiger partial charge >= 0.3 is 5.76 Å². The Morgan fingerprint density at radius 1 is 1.06 bits per heavy atom. The maximum Gasteiger partial charge on any atom is 0.439 e. The number of methoxy groups -OCH3 is 1. The molecule has 238 valence electrons. The predicted octanol–water partition coefficient (Wildman–Crippen LogP) is 5.93. The summed E-state index contributed by atoms with van der Waals surface area (Å²) in [6.45, 7) is 0.629. The van der Waals surface area contributed by atoms with Crippen LogP contribution in [-0.4, -0.2) is 45.5 Å². The lowest BCUT2D eigenvalue weighted by Crippen LogP contribution is -2.26. The molecule has 5 aromatic rings. The minimum Gasteiger partial charge on any atom is -0.377 e. The van der Waals surface area contributed by atoms with E-state index in [1.165, 1.54) is 23.5 Å². The molecule has 3 aliphatic rings. The Hall–Kier alpha value is -4.94. The van der Waals surface area contributed by atoms with Crippen LogP contribution in [-0.2, 0) is 17.6 Å². The van der Waals surface area contributed by atoms with Crippen LogP contribution in [0.1, 0.15) is 85.6 Å². The summed E-state index contributed by atoms with van der Waals surface area (Å²) in [5.74, 6) is -1.26. The van der Waals surface area contributed by atoms with Gasteiger partial charge in [-0.1, -0.05) is 41.6 Å². The fourth-order valence-corrected chi connectivity index (χ4v) is 8.22. The number of benzene rings is 2. The van der Waals surface area contributed by atoms with Crippen LogP contribution in [0.5, 0.6) is 0 Å². The molecule has 1 fully saturated rings. The minimum atomic E-state index is -0.736. The zero-order chi connectivity index (χ0) is 32.2. The molecule has 3 aromatic heterocycles. The predicted molar refractivity (Wildman–Crippen MR) is 172 cm³/mol. The number of thiophene rings is 1. The standard InChI is InChI=1S/C35H30FN5O5S/c1-45-25-17-23(20-5-2-3-6-21(20)25)38-33(42)27-15-14-26(47-27)29-28(32-39-35(44)46-40-32)22(13-10-18-8-11-19(36)12-9-18)37-31-24-7-4-16-41(24)34(43)30(29)31/h2-3,5-6,8-9,11-12,14-15,23-25H,4,7,10,13,16-17H2,1H3,(H,38,42)(H,39,40,44). The molecule has 2 aliphatic heterocycles. The van der Waals surface area contributed by atoms with E-state index >= 15 is 0 Å². The van der Waals surface area contributed by atoms with Gasteiger partial charge < -0.3 is 15.0 Å². The van der Waals surface area contributed by atoms with Crippen LogP contribution in [0, 0.1) is 5.82 Å². The van der Waals surface area contributed by atoms with Gasteiger partial charge in [0.2, 0.25) is 0 Å². The molecule has 0 saturated carbocycles. The summed E-state index contributed by atoms with van der Waals surface area (Å²) in [6.07, 6.45) is 3.17. The fraction of sp³-hybridized carbons (Fsp3) is 0.286. The first kappa shape index (κ1) is 29.5. The van der Waals surface area contributed by atoms with Crippen molar-refractivity contribution in [2.45, 2.75) is 50.3 Å². The number of halogens is 1. The lowest BCUT2D eigenvalue weighted by atomic mass is 9.93. The van der Waals surface area contributed by atoms with Gasteiger partial charge in [0.1, 0.15) is 5.82 Å². The Balaban J connectivity index is 1.22. The number of H-pyrrole nitrogens is 1. The maximum atomic E-state index is 14.0. The summed E-state index contributed by atoms with van der Waals surface area (Å²) < 4.78 is 24.2. The van der Waals surface area contributed by atoms with Gasteiger partial charge in [0.05, 0.1) is 45.6 Å². The van der Waals surface area contributed by atoms with Gasteiger partial charge in [-0.3, -0.25) is 24.1 Å². The van der Waals surface area contributed by atoms with Crippen molar-refractivity contribution < 1.29 is 23.2 Å². The van der Waals surface area contributed by atoms with Gasteiger partial charge in [-0.25, -0.2) is 9.18 Å². The Bertz CT molecular complexity index is 2090. The molecule has 47 heavy (non-hydrogen) atoms. The largest absolute Gasteiger partial charge is 0.439 e. The molecule has 5 heterocycles. The van der Waals surface area contributed by atoms with E-state index in [0.29, 0.717) is 63.6 Å². The van der Waals surface area contributed by atoms with Crippen molar-refractivity contribution >= 4 is 23.2 Å². The molecule has 3 atom stereocenters. The van der Waals surface area contributed by atoms with Gasteiger partial charge in [-0.05, 0) is 66.6 Å². The van der Waals surface area contributed by atoms with E-state index in [9.17, 15) is 18.8 Å². The molecule has 0 spiro atoms. The van der Waals surface area contributed by atoms with Crippen LogP contribution in [0.2, 0.25) is 0 Å². The molecule has 0 bridgehead atoms. The molecule has 1 saturated heterocycles. The van der Waals surface area contributed by atoms with E-state index in [4.69, 9.17) is 14.2 Å². The molecule has 2 N–H and O–H groups in total. The Morgan fingerprint density at radius 2 is 1.87 bits per heavy atom. The maximum absolute atomic E-state index is 14.0. The fourth-order valence-electron chi connectivity index (χ4n) is 7.26. The molecular formula is C35H30FN5O5S. The quantitative estimate of drug-likeness (QED) is 0.213. The van der Waals surface area contributed by atoms with E-state index in [0.717, 1.165) is 29.5 Å². The summed E-state index contributed by atoms with van der Waals surface area (Å²) in [5.41, 5.74) is 5.84. The molecular weight excluding hydrogens is 621 g/mol. The molecule has 1 aliphatic carbocycles. The number of amides is 2. The number of aromatic nitrogens is 3. The number of carbonyl (C=O) groups is 2. The number of fused-ring (bicyclic) bond motifs is 4. The van der Waals surface area contributed by atoms with E-state index in [1.54, 1.807) is 25.3 Å². The van der Waals surface area contributed by atoms with Crippen LogP contribution in [0.25, 0.3) is 21.8 Å². The third-order valence-electron chi connectivity index (χ3n) is 9.42. The van der Waals surface area contributed by atoms with Crippen molar-refractivity contribution in [3.05, 3.63) is 116 Å². The van der Waals surface area contributed by atoms with E-state index in [-0.39, 0.29) is 41.6 Å². The number of ether oxygens (including phenoxy) is 1. The highest BCUT2D eigenvalue weighted by molar-refractivity contribution is 7.17. The number of pyridine rings is 1. The number of rotatable bonds is 8. The second kappa shape index (κ2) is 11.7. The van der Waals surface area contributed by atoms with Gasteiger partial charge in [0, 0.05) is 30.5 Å². The summed E-state index contributed by atoms with van der Waals surface area (Å²) in [6, 6.07) is 17.5. The number of hydrogen-bond acceptors (Lipinski definition) is 8. The zero-order valence-electron chi connectivity index (χ0n) is 25.4. The third kappa shape index (κ3) is 5.08. The van der Waals surface area contributed by atoms with Crippen LogP contribution in [0.4, 0.5) is 4.39 Å². The molecule has 2 aromatic carbocycles. The van der Waals surface area contributed by atoms with Gasteiger partial charge in [-0.15, -0.1) is 11.3 Å². The smallest absolute Gasteiger partial charge is 0.377 e. The first-order valence-electron chi connectivity index (χ1n) is 15.6. The highest BCUT2D eigenvalue weighted by Gasteiger charge is 2.44. The summed E-state index contributed by atoms with van der Waals surface area (Å²) >= 11 is 1.27. The van der Waals surface area contributed by atoms with Crippen LogP contribution < -0.4 is 11.1 Å². The second-order valence-corrected chi connectivity index (χ2v) is 13.2. The summed E-state index contributed by atoms with van der Waals surface area (Å²) in [7, 11) is 1.67. The lowest BCUT2D eigenvalue weighted by molar-refractivity contribution is 0.0775. The zero-order valence-corrected chi connectivity index (χ0v) is 26.2. The minimum absolute atomic E-state index is 0.101. The lowest BCUT2D eigenvalue weighted by Gasteiger charge is -2.16. The van der Waals surface area contributed by atoms with Crippen molar-refractivity contribution in [1.82, 2.24) is 25.3 Å². The van der Waals surface area contributed by atoms with E-state index in [1.807, 2.05) is 35.2 Å². The van der Waals surface area contributed by atoms with Crippen molar-refractivity contribution in [3.8, 4) is 21.8 Å². The normalized spacial score (nSPS) is 19.6. The number of carbonyl (C=O) groups excluding carboxylic acids is 2. The Labute approximate surface area is 272 Å². The van der Waals surface area contributed by atoms with E-state index < -0.39 is 5.76 Å². The number of nitrogens with zero attached hydrogens (tertiary/aromatic N) is 3. The Kier molecular flexibility index (Phi) is 7.33. The number of nitrogens with one attached hydrogen (secondary N) is 2. The Morgan fingerprint density at radius 3 is 2.64 bits per heavy atom. The van der Waals surface area contributed by atoms with Crippen molar-refractivity contribution in [3.63, 3.8) is 0 Å². The third-order valence-corrected chi connectivity index (χ3v) is 10.5. The summed E-state index contributed by atoms with van der Waals surface area (Å²) in [4.78, 5) is 50.6. The number of aromatic amines is 1. The SMILES string of the molecule is COC1CC(NC(=O)c2ccc(-c3c4c(nc(CCc5ccc(F)cc5)c3-c3noc(=O)[nH]3)C3CCCN3C4=O)s2)c2ccccc21. The van der Waals surface area contributed by atoms with Gasteiger partial charge in [0.25, 0.3) is 11.8 Å². The highest BCUT2D eigenvalue weighted by Crippen LogP contribution is 2.49. The first-order valence-corrected chi connectivity index (χ1v) is 16.4. The molecule has 10 nitrogen and oxygen atoms in total. The van der Waals surface area contributed by atoms with Crippen molar-refractivity contribution in [1.29, 1.82) is 0 Å². The number of hydrogen-bond donors (Lipinski definition) is 2. The molecule has 12 heteroatoms. The van der Waals surface area contributed by atoms with Crippen molar-refractivity contribution in [2.24, 2.45) is 0 Å². The molecule has 3 unspecified atom stereocenters. The van der Waals surface area contributed by atoms with Crippen LogP contribution in [0.3, 0.4) is 0 Å². The highest BCUT2D eigenvalue weighted by atomic mass is 32.1. The summed E-state index contributed by atoms with van der Waals surface area (Å²) in [5, 5.41) is 7.20.